The minimum Gasteiger partial charge on any atom is -0.495 e. The SMILES string of the molecule is COc1ccc(Cl)cc1S(=O)(=O)N1CCC[C@@H]1C(=O)N1CCOCC1. The first-order chi connectivity index (χ1) is 11.9. The summed E-state index contributed by atoms with van der Waals surface area (Å²) in [6, 6.07) is 3.76. The normalized spacial score (nSPS) is 22.2. The van der Waals surface area contributed by atoms with Gasteiger partial charge in [-0.25, -0.2) is 8.42 Å². The molecule has 9 heteroatoms. The van der Waals surface area contributed by atoms with E-state index >= 15 is 0 Å². The molecule has 1 amide bonds. The molecule has 25 heavy (non-hydrogen) atoms. The second-order valence-corrected chi connectivity index (χ2v) is 8.30. The van der Waals surface area contributed by atoms with Crippen molar-refractivity contribution in [2.75, 3.05) is 40.0 Å². The number of ether oxygens (including phenoxy) is 2. The summed E-state index contributed by atoms with van der Waals surface area (Å²) in [4.78, 5) is 14.5. The molecular weight excluding hydrogens is 368 g/mol. The third kappa shape index (κ3) is 3.62. The third-order valence-corrected chi connectivity index (χ3v) is 6.69. The van der Waals surface area contributed by atoms with Crippen molar-refractivity contribution in [3.63, 3.8) is 0 Å². The average molecular weight is 389 g/mol. The van der Waals surface area contributed by atoms with Crippen LogP contribution in [-0.4, -0.2) is 69.5 Å². The summed E-state index contributed by atoms with van der Waals surface area (Å²) in [5.41, 5.74) is 0. The lowest BCUT2D eigenvalue weighted by Gasteiger charge is -2.32. The zero-order valence-corrected chi connectivity index (χ0v) is 15.6. The van der Waals surface area contributed by atoms with Crippen molar-refractivity contribution in [1.29, 1.82) is 0 Å². The second kappa shape index (κ2) is 7.49. The van der Waals surface area contributed by atoms with Gasteiger partial charge in [-0.3, -0.25) is 4.79 Å². The number of amides is 1. The molecule has 0 aliphatic carbocycles. The van der Waals surface area contributed by atoms with Crippen LogP contribution < -0.4 is 4.74 Å². The number of rotatable bonds is 4. The van der Waals surface area contributed by atoms with Gasteiger partial charge in [-0.05, 0) is 31.0 Å². The van der Waals surface area contributed by atoms with E-state index in [9.17, 15) is 13.2 Å². The Bertz CT molecular complexity index is 749. The summed E-state index contributed by atoms with van der Waals surface area (Å²) in [7, 11) is -2.49. The van der Waals surface area contributed by atoms with Crippen molar-refractivity contribution in [3.05, 3.63) is 23.2 Å². The van der Waals surface area contributed by atoms with Crippen molar-refractivity contribution in [1.82, 2.24) is 9.21 Å². The van der Waals surface area contributed by atoms with Gasteiger partial charge in [-0.2, -0.15) is 4.31 Å². The van der Waals surface area contributed by atoms with E-state index in [0.717, 1.165) is 0 Å². The van der Waals surface area contributed by atoms with E-state index in [2.05, 4.69) is 0 Å². The monoisotopic (exact) mass is 388 g/mol. The van der Waals surface area contributed by atoms with Crippen LogP contribution in [0.2, 0.25) is 5.02 Å². The second-order valence-electron chi connectivity index (χ2n) is 6.01. The molecule has 0 aromatic heterocycles. The first-order valence-electron chi connectivity index (χ1n) is 8.17. The predicted molar refractivity (Wildman–Crippen MR) is 92.3 cm³/mol. The summed E-state index contributed by atoms with van der Waals surface area (Å²) in [5.74, 6) is 0.0549. The highest BCUT2D eigenvalue weighted by Crippen LogP contribution is 2.33. The molecule has 0 saturated carbocycles. The van der Waals surface area contributed by atoms with Gasteiger partial charge in [0.15, 0.2) is 0 Å². The van der Waals surface area contributed by atoms with Crippen LogP contribution in [0.5, 0.6) is 5.75 Å². The summed E-state index contributed by atoms with van der Waals surface area (Å²) in [6.45, 7) is 2.24. The molecule has 3 rings (SSSR count). The lowest BCUT2D eigenvalue weighted by atomic mass is 10.2. The molecular formula is C16H21ClN2O5S. The number of sulfonamides is 1. The molecule has 2 fully saturated rings. The number of halogens is 1. The Morgan fingerprint density at radius 1 is 1.28 bits per heavy atom. The molecule has 1 atom stereocenters. The van der Waals surface area contributed by atoms with Gasteiger partial charge in [0.2, 0.25) is 15.9 Å². The zero-order chi connectivity index (χ0) is 18.0. The number of carbonyl (C=O) groups is 1. The van der Waals surface area contributed by atoms with Crippen molar-refractivity contribution >= 4 is 27.5 Å². The van der Waals surface area contributed by atoms with Gasteiger partial charge in [0.25, 0.3) is 0 Å². The Hall–Kier alpha value is -1.35. The van der Waals surface area contributed by atoms with Gasteiger partial charge in [0.1, 0.15) is 16.7 Å². The van der Waals surface area contributed by atoms with Gasteiger partial charge in [0, 0.05) is 24.7 Å². The Morgan fingerprint density at radius 2 is 2.00 bits per heavy atom. The van der Waals surface area contributed by atoms with Gasteiger partial charge in [-0.15, -0.1) is 0 Å². The Morgan fingerprint density at radius 3 is 2.68 bits per heavy atom. The fraction of sp³-hybridized carbons (Fsp3) is 0.562. The summed E-state index contributed by atoms with van der Waals surface area (Å²) in [6.07, 6.45) is 1.15. The molecule has 0 spiro atoms. The maximum Gasteiger partial charge on any atom is 0.247 e. The van der Waals surface area contributed by atoms with E-state index < -0.39 is 16.1 Å². The Kier molecular flexibility index (Phi) is 5.52. The summed E-state index contributed by atoms with van der Waals surface area (Å²) >= 11 is 5.98. The van der Waals surface area contributed by atoms with Crippen molar-refractivity contribution in [2.24, 2.45) is 0 Å². The number of morpholine rings is 1. The quantitative estimate of drug-likeness (QED) is 0.778. The van der Waals surface area contributed by atoms with Crippen molar-refractivity contribution in [2.45, 2.75) is 23.8 Å². The van der Waals surface area contributed by atoms with Gasteiger partial charge in [0.05, 0.1) is 20.3 Å². The third-order valence-electron chi connectivity index (χ3n) is 4.52. The molecule has 0 bridgehead atoms. The minimum absolute atomic E-state index is 0.0100. The molecule has 0 unspecified atom stereocenters. The Balaban J connectivity index is 1.91. The molecule has 2 aliphatic rings. The maximum atomic E-state index is 13.2. The van der Waals surface area contributed by atoms with Crippen LogP contribution in [0.1, 0.15) is 12.8 Å². The lowest BCUT2D eigenvalue weighted by molar-refractivity contribution is -0.138. The summed E-state index contributed by atoms with van der Waals surface area (Å²) in [5, 5.41) is 0.301. The number of hydrogen-bond acceptors (Lipinski definition) is 5. The molecule has 2 aliphatic heterocycles. The highest BCUT2D eigenvalue weighted by molar-refractivity contribution is 7.89. The maximum absolute atomic E-state index is 13.2. The van der Waals surface area contributed by atoms with E-state index in [1.165, 1.54) is 23.5 Å². The van der Waals surface area contributed by atoms with E-state index in [-0.39, 0.29) is 16.6 Å². The highest BCUT2D eigenvalue weighted by atomic mass is 35.5. The van der Waals surface area contributed by atoms with Crippen molar-refractivity contribution < 1.29 is 22.7 Å². The van der Waals surface area contributed by atoms with Crippen LogP contribution in [0.3, 0.4) is 0 Å². The van der Waals surface area contributed by atoms with Crippen LogP contribution in [0, 0.1) is 0 Å². The fourth-order valence-electron chi connectivity index (χ4n) is 3.25. The van der Waals surface area contributed by atoms with Gasteiger partial charge < -0.3 is 14.4 Å². The number of benzene rings is 1. The predicted octanol–water partition coefficient (Wildman–Crippen LogP) is 1.36. The molecule has 1 aromatic carbocycles. The zero-order valence-electron chi connectivity index (χ0n) is 14.0. The van der Waals surface area contributed by atoms with E-state index in [4.69, 9.17) is 21.1 Å². The van der Waals surface area contributed by atoms with E-state index in [1.54, 1.807) is 11.0 Å². The smallest absolute Gasteiger partial charge is 0.247 e. The van der Waals surface area contributed by atoms with Crippen LogP contribution in [0.25, 0.3) is 0 Å². The standard InChI is InChI=1S/C16H21ClN2O5S/c1-23-14-5-4-12(17)11-15(14)25(21,22)19-6-2-3-13(19)16(20)18-7-9-24-10-8-18/h4-5,11,13H,2-3,6-10H2,1H3/t13-/m1/s1. The highest BCUT2D eigenvalue weighted by Gasteiger charge is 2.42. The summed E-state index contributed by atoms with van der Waals surface area (Å²) < 4.78 is 38.0. The topological polar surface area (TPSA) is 76.2 Å². The lowest BCUT2D eigenvalue weighted by Crippen LogP contribution is -2.51. The largest absolute Gasteiger partial charge is 0.495 e. The number of methoxy groups -OCH3 is 1. The van der Waals surface area contributed by atoms with Crippen LogP contribution in [0.4, 0.5) is 0 Å². The molecule has 138 valence electrons. The van der Waals surface area contributed by atoms with E-state index in [0.29, 0.717) is 50.7 Å². The number of nitrogens with zero attached hydrogens (tertiary/aromatic N) is 2. The average Bonchev–Trinajstić information content (AvgIpc) is 3.12. The van der Waals surface area contributed by atoms with Crippen molar-refractivity contribution in [3.8, 4) is 5.75 Å². The fourth-order valence-corrected chi connectivity index (χ4v) is 5.32. The van der Waals surface area contributed by atoms with Gasteiger partial charge >= 0.3 is 0 Å². The minimum atomic E-state index is -3.89. The molecule has 0 radical (unpaired) electrons. The number of hydrogen-bond donors (Lipinski definition) is 0. The molecule has 2 saturated heterocycles. The molecule has 7 nitrogen and oxygen atoms in total. The Labute approximate surface area is 152 Å². The van der Waals surface area contributed by atoms with E-state index in [1.807, 2.05) is 0 Å². The van der Waals surface area contributed by atoms with Crippen LogP contribution >= 0.6 is 11.6 Å². The molecule has 0 N–H and O–H groups in total. The molecule has 1 aromatic rings. The van der Waals surface area contributed by atoms with Crippen LogP contribution in [-0.2, 0) is 19.6 Å². The first kappa shape index (κ1) is 18.4. The van der Waals surface area contributed by atoms with Gasteiger partial charge in [-0.1, -0.05) is 11.6 Å². The van der Waals surface area contributed by atoms with Crippen LogP contribution in [0.15, 0.2) is 23.1 Å². The first-order valence-corrected chi connectivity index (χ1v) is 9.99. The molecule has 2 heterocycles. The number of carbonyl (C=O) groups excluding carboxylic acids is 1.